The standard InChI is InChI=1S/C14H10F3N3O3/c1-8-2-3-11(5-12(8)20(22)23)19-13(21)9-4-10(7-18-6-9)14(15,16)17/h2-7H,1H3,(H,19,21). The van der Waals surface area contributed by atoms with E-state index >= 15 is 0 Å². The first-order valence-corrected chi connectivity index (χ1v) is 6.27. The fourth-order valence-electron chi connectivity index (χ4n) is 1.81. The zero-order chi connectivity index (χ0) is 17.2. The number of aryl methyl sites for hydroxylation is 1. The molecule has 1 heterocycles. The molecule has 1 aromatic heterocycles. The lowest BCUT2D eigenvalue weighted by Gasteiger charge is -2.09. The normalized spacial score (nSPS) is 11.1. The van der Waals surface area contributed by atoms with Gasteiger partial charge in [-0.2, -0.15) is 13.2 Å². The first-order chi connectivity index (χ1) is 10.7. The Labute approximate surface area is 128 Å². The smallest absolute Gasteiger partial charge is 0.322 e. The largest absolute Gasteiger partial charge is 0.417 e. The number of rotatable bonds is 3. The molecule has 0 aliphatic rings. The van der Waals surface area contributed by atoms with Crippen LogP contribution in [0.1, 0.15) is 21.5 Å². The molecule has 1 amide bonds. The number of benzene rings is 1. The Balaban J connectivity index is 2.26. The van der Waals surface area contributed by atoms with Crippen LogP contribution in [0.15, 0.2) is 36.7 Å². The van der Waals surface area contributed by atoms with Gasteiger partial charge in [-0.15, -0.1) is 0 Å². The van der Waals surface area contributed by atoms with Crippen molar-refractivity contribution in [3.63, 3.8) is 0 Å². The first-order valence-electron chi connectivity index (χ1n) is 6.27. The lowest BCUT2D eigenvalue weighted by Crippen LogP contribution is -2.14. The van der Waals surface area contributed by atoms with Crippen LogP contribution in [0.5, 0.6) is 0 Å². The summed E-state index contributed by atoms with van der Waals surface area (Å²) in [6.45, 7) is 1.53. The van der Waals surface area contributed by atoms with E-state index in [9.17, 15) is 28.1 Å². The number of aromatic nitrogens is 1. The molecule has 2 rings (SSSR count). The Bertz CT molecular complexity index is 775. The summed E-state index contributed by atoms with van der Waals surface area (Å²) in [6.07, 6.45) is -3.04. The molecule has 0 atom stereocenters. The molecule has 0 saturated carbocycles. The lowest BCUT2D eigenvalue weighted by molar-refractivity contribution is -0.385. The Hall–Kier alpha value is -2.97. The predicted molar refractivity (Wildman–Crippen MR) is 75.0 cm³/mol. The molecule has 6 nitrogen and oxygen atoms in total. The third kappa shape index (κ3) is 3.82. The van der Waals surface area contributed by atoms with Crippen molar-refractivity contribution in [2.45, 2.75) is 13.1 Å². The summed E-state index contributed by atoms with van der Waals surface area (Å²) < 4.78 is 37.8. The Kier molecular flexibility index (Phi) is 4.30. The van der Waals surface area contributed by atoms with Crippen LogP contribution in [-0.4, -0.2) is 15.8 Å². The number of hydrogen-bond acceptors (Lipinski definition) is 4. The van der Waals surface area contributed by atoms with Crippen molar-refractivity contribution in [3.8, 4) is 0 Å². The fourth-order valence-corrected chi connectivity index (χ4v) is 1.81. The summed E-state index contributed by atoms with van der Waals surface area (Å²) in [5.41, 5.74) is -1.06. The van der Waals surface area contributed by atoms with E-state index in [2.05, 4.69) is 10.3 Å². The van der Waals surface area contributed by atoms with Gasteiger partial charge in [0.15, 0.2) is 0 Å². The molecule has 1 aromatic carbocycles. The number of nitro groups is 1. The number of alkyl halides is 3. The van der Waals surface area contributed by atoms with Gasteiger partial charge in [0.2, 0.25) is 0 Å². The highest BCUT2D eigenvalue weighted by molar-refractivity contribution is 6.04. The first kappa shape index (κ1) is 16.4. The molecule has 0 aliphatic carbocycles. The molecule has 0 saturated heterocycles. The van der Waals surface area contributed by atoms with Crippen molar-refractivity contribution in [2.75, 3.05) is 5.32 Å². The molecular weight excluding hydrogens is 315 g/mol. The van der Waals surface area contributed by atoms with Crippen molar-refractivity contribution in [1.29, 1.82) is 0 Å². The number of pyridine rings is 1. The summed E-state index contributed by atoms with van der Waals surface area (Å²) in [6, 6.07) is 4.64. The van der Waals surface area contributed by atoms with Crippen molar-refractivity contribution in [1.82, 2.24) is 4.98 Å². The van der Waals surface area contributed by atoms with Crippen molar-refractivity contribution in [2.24, 2.45) is 0 Å². The molecule has 9 heteroatoms. The summed E-state index contributed by atoms with van der Waals surface area (Å²) in [7, 11) is 0. The molecule has 0 bridgehead atoms. The Morgan fingerprint density at radius 2 is 1.96 bits per heavy atom. The van der Waals surface area contributed by atoms with E-state index in [1.54, 1.807) is 0 Å². The topological polar surface area (TPSA) is 85.1 Å². The van der Waals surface area contributed by atoms with E-state index < -0.39 is 22.6 Å². The van der Waals surface area contributed by atoms with Crippen LogP contribution >= 0.6 is 0 Å². The number of anilines is 1. The van der Waals surface area contributed by atoms with Crippen LogP contribution in [0.4, 0.5) is 24.5 Å². The molecule has 0 radical (unpaired) electrons. The van der Waals surface area contributed by atoms with Gasteiger partial charge in [0.25, 0.3) is 11.6 Å². The number of carbonyl (C=O) groups excluding carboxylic acids is 1. The maximum atomic E-state index is 12.6. The van der Waals surface area contributed by atoms with Crippen LogP contribution in [0.3, 0.4) is 0 Å². The molecule has 0 aliphatic heterocycles. The summed E-state index contributed by atoms with van der Waals surface area (Å²) in [4.78, 5) is 25.6. The molecule has 1 N–H and O–H groups in total. The minimum Gasteiger partial charge on any atom is -0.322 e. The number of nitro benzene ring substituents is 1. The number of carbonyl (C=O) groups is 1. The maximum absolute atomic E-state index is 12.6. The zero-order valence-electron chi connectivity index (χ0n) is 11.7. The third-order valence-electron chi connectivity index (χ3n) is 2.99. The zero-order valence-corrected chi connectivity index (χ0v) is 11.7. The quantitative estimate of drug-likeness (QED) is 0.690. The highest BCUT2D eigenvalue weighted by Gasteiger charge is 2.31. The fraction of sp³-hybridized carbons (Fsp3) is 0.143. The SMILES string of the molecule is Cc1ccc(NC(=O)c2cncc(C(F)(F)F)c2)cc1[N+](=O)[O-]. The minimum absolute atomic E-state index is 0.102. The van der Waals surface area contributed by atoms with Crippen LogP contribution in [0, 0.1) is 17.0 Å². The van der Waals surface area contributed by atoms with Crippen molar-refractivity contribution in [3.05, 3.63) is 63.5 Å². The molecular formula is C14H10F3N3O3. The molecule has 120 valence electrons. The maximum Gasteiger partial charge on any atom is 0.417 e. The van der Waals surface area contributed by atoms with Crippen LogP contribution < -0.4 is 5.32 Å². The van der Waals surface area contributed by atoms with E-state index in [0.717, 1.165) is 12.3 Å². The Morgan fingerprint density at radius 3 is 2.57 bits per heavy atom. The van der Waals surface area contributed by atoms with E-state index in [1.807, 2.05) is 0 Å². The highest BCUT2D eigenvalue weighted by atomic mass is 19.4. The van der Waals surface area contributed by atoms with E-state index in [-0.39, 0.29) is 16.9 Å². The molecule has 2 aromatic rings. The molecule has 0 fully saturated rings. The van der Waals surface area contributed by atoms with E-state index in [0.29, 0.717) is 17.8 Å². The summed E-state index contributed by atoms with van der Waals surface area (Å²) >= 11 is 0. The number of hydrogen-bond donors (Lipinski definition) is 1. The van der Waals surface area contributed by atoms with E-state index in [1.165, 1.54) is 19.1 Å². The second-order valence-electron chi connectivity index (χ2n) is 4.67. The van der Waals surface area contributed by atoms with E-state index in [4.69, 9.17) is 0 Å². The van der Waals surface area contributed by atoms with Crippen molar-refractivity contribution < 1.29 is 22.9 Å². The van der Waals surface area contributed by atoms with Gasteiger partial charge >= 0.3 is 6.18 Å². The lowest BCUT2D eigenvalue weighted by atomic mass is 10.1. The van der Waals surface area contributed by atoms with Gasteiger partial charge in [0.05, 0.1) is 16.1 Å². The highest BCUT2D eigenvalue weighted by Crippen LogP contribution is 2.29. The Morgan fingerprint density at radius 1 is 1.26 bits per heavy atom. The third-order valence-corrected chi connectivity index (χ3v) is 2.99. The number of nitrogens with one attached hydrogen (secondary N) is 1. The average molecular weight is 325 g/mol. The van der Waals surface area contributed by atoms with Gasteiger partial charge in [-0.1, -0.05) is 6.07 Å². The minimum atomic E-state index is -4.62. The van der Waals surface area contributed by atoms with Gasteiger partial charge in [-0.25, -0.2) is 0 Å². The van der Waals surface area contributed by atoms with Gasteiger partial charge in [0.1, 0.15) is 0 Å². The van der Waals surface area contributed by atoms with Crippen LogP contribution in [0.2, 0.25) is 0 Å². The second kappa shape index (κ2) is 6.03. The number of halogens is 3. The predicted octanol–water partition coefficient (Wildman–Crippen LogP) is 3.57. The molecule has 0 unspecified atom stereocenters. The number of amides is 1. The summed E-state index contributed by atoms with van der Waals surface area (Å²) in [5.74, 6) is -0.846. The number of nitrogens with zero attached hydrogens (tertiary/aromatic N) is 2. The summed E-state index contributed by atoms with van der Waals surface area (Å²) in [5, 5.41) is 13.2. The van der Waals surface area contributed by atoms with Crippen LogP contribution in [-0.2, 0) is 6.18 Å². The average Bonchev–Trinajstić information content (AvgIpc) is 2.48. The van der Waals surface area contributed by atoms with Gasteiger partial charge in [-0.3, -0.25) is 19.9 Å². The monoisotopic (exact) mass is 325 g/mol. The van der Waals surface area contributed by atoms with Crippen LogP contribution in [0.25, 0.3) is 0 Å². The van der Waals surface area contributed by atoms with Gasteiger partial charge in [-0.05, 0) is 19.1 Å². The molecule has 23 heavy (non-hydrogen) atoms. The molecule has 0 spiro atoms. The van der Waals surface area contributed by atoms with Gasteiger partial charge < -0.3 is 5.32 Å². The second-order valence-corrected chi connectivity index (χ2v) is 4.67. The van der Waals surface area contributed by atoms with Gasteiger partial charge in [0, 0.05) is 29.7 Å². The van der Waals surface area contributed by atoms with Crippen molar-refractivity contribution >= 4 is 17.3 Å².